The highest BCUT2D eigenvalue weighted by Crippen LogP contribution is 2.43. The van der Waals surface area contributed by atoms with E-state index in [2.05, 4.69) is 39.5 Å². The van der Waals surface area contributed by atoms with Crippen molar-refractivity contribution in [2.75, 3.05) is 73.6 Å². The molecule has 15 heteroatoms. The fourth-order valence-electron chi connectivity index (χ4n) is 7.47. The second-order valence-corrected chi connectivity index (χ2v) is 14.6. The number of carbonyl (C=O) groups is 3. The lowest BCUT2D eigenvalue weighted by atomic mass is 9.87. The fraction of sp³-hybridized carbons (Fsp3) is 0.639. The van der Waals surface area contributed by atoms with E-state index in [1.807, 2.05) is 13.8 Å². The number of phenolic OH excluding ortho intramolecular Hbond substituents is 1. The van der Waals surface area contributed by atoms with Crippen LogP contribution >= 0.6 is 0 Å². The molecule has 51 heavy (non-hydrogen) atoms. The third kappa shape index (κ3) is 8.75. The van der Waals surface area contributed by atoms with Crippen LogP contribution in [0.4, 0.5) is 17.6 Å². The molecule has 1 aromatic carbocycles. The van der Waals surface area contributed by atoms with Gasteiger partial charge in [0.25, 0.3) is 0 Å². The first-order valence-electron chi connectivity index (χ1n) is 17.9. The van der Waals surface area contributed by atoms with Crippen molar-refractivity contribution in [3.05, 3.63) is 28.3 Å². The lowest BCUT2D eigenvalue weighted by molar-refractivity contribution is -0.170. The van der Waals surface area contributed by atoms with Crippen LogP contribution in [0, 0.1) is 20.8 Å². The monoisotopic (exact) mass is 712 g/mol. The van der Waals surface area contributed by atoms with Crippen LogP contribution in [-0.2, 0) is 20.8 Å². The number of carboxylic acids is 3. The van der Waals surface area contributed by atoms with Gasteiger partial charge in [0, 0.05) is 70.5 Å². The van der Waals surface area contributed by atoms with E-state index in [0.717, 1.165) is 112 Å². The summed E-state index contributed by atoms with van der Waals surface area (Å²) in [6.45, 7) is 17.5. The van der Waals surface area contributed by atoms with E-state index in [0.29, 0.717) is 5.75 Å². The maximum atomic E-state index is 10.5. The Bertz CT molecular complexity index is 1570. The Labute approximate surface area is 298 Å². The molecule has 15 nitrogen and oxygen atoms in total. The molecule has 0 amide bonds. The Morgan fingerprint density at radius 1 is 0.784 bits per heavy atom. The van der Waals surface area contributed by atoms with Gasteiger partial charge in [-0.1, -0.05) is 0 Å². The Morgan fingerprint density at radius 2 is 1.29 bits per heavy atom. The van der Waals surface area contributed by atoms with Crippen LogP contribution < -0.4 is 19.4 Å². The first-order valence-corrected chi connectivity index (χ1v) is 17.9. The zero-order valence-electron chi connectivity index (χ0n) is 30.2. The first kappa shape index (κ1) is 37.9. The molecule has 0 radical (unpaired) electrons. The van der Waals surface area contributed by atoms with Gasteiger partial charge in [-0.15, -0.1) is 0 Å². The number of benzene rings is 1. The van der Waals surface area contributed by atoms with E-state index in [1.165, 1.54) is 31.2 Å². The SMILES string of the molecule is Cc1c(C)c2c(c(C)c1O)CCC(C)(CN1CCN(c3cc(N4CCCC4)nc(N4CCCC4)n3)CC1)O2.O=C(O)CC(O)(CC(=O)O)C(=O)O. The van der Waals surface area contributed by atoms with Crippen molar-refractivity contribution in [1.29, 1.82) is 0 Å². The smallest absolute Gasteiger partial charge is 0.336 e. The average Bonchev–Trinajstić information content (AvgIpc) is 3.82. The van der Waals surface area contributed by atoms with Crippen molar-refractivity contribution in [1.82, 2.24) is 14.9 Å². The summed E-state index contributed by atoms with van der Waals surface area (Å²) in [7, 11) is 0. The number of aromatic nitrogens is 2. The molecular formula is C36H52N6O9. The van der Waals surface area contributed by atoms with Crippen LogP contribution in [0.2, 0.25) is 0 Å². The molecular weight excluding hydrogens is 660 g/mol. The molecule has 1 unspecified atom stereocenters. The van der Waals surface area contributed by atoms with E-state index >= 15 is 0 Å². The van der Waals surface area contributed by atoms with Gasteiger partial charge in [-0.3, -0.25) is 14.5 Å². The molecule has 3 fully saturated rings. The van der Waals surface area contributed by atoms with Crippen LogP contribution in [0.3, 0.4) is 0 Å². The topological polar surface area (TPSA) is 200 Å². The van der Waals surface area contributed by atoms with Crippen LogP contribution in [0.15, 0.2) is 6.07 Å². The highest BCUT2D eigenvalue weighted by molar-refractivity contribution is 5.88. The van der Waals surface area contributed by atoms with Crippen LogP contribution in [0.25, 0.3) is 0 Å². The Kier molecular flexibility index (Phi) is 11.5. The van der Waals surface area contributed by atoms with Gasteiger partial charge in [-0.05, 0) is 82.9 Å². The summed E-state index contributed by atoms with van der Waals surface area (Å²) in [4.78, 5) is 50.4. The van der Waals surface area contributed by atoms with Crippen LogP contribution in [0.5, 0.6) is 11.5 Å². The van der Waals surface area contributed by atoms with Gasteiger partial charge < -0.3 is 45.0 Å². The van der Waals surface area contributed by atoms with E-state index in [4.69, 9.17) is 35.1 Å². The van der Waals surface area contributed by atoms with Crippen LogP contribution in [0.1, 0.15) is 74.1 Å². The molecule has 0 spiro atoms. The Hall–Kier alpha value is -4.37. The number of aliphatic hydroxyl groups is 1. The number of hydrogen-bond donors (Lipinski definition) is 5. The fourth-order valence-corrected chi connectivity index (χ4v) is 7.47. The number of anilines is 3. The number of phenols is 1. The molecule has 0 saturated carbocycles. The van der Waals surface area contributed by atoms with E-state index in [-0.39, 0.29) is 5.60 Å². The number of aliphatic carboxylic acids is 3. The molecule has 5 N–H and O–H groups in total. The van der Waals surface area contributed by atoms with Gasteiger partial charge in [0.1, 0.15) is 28.7 Å². The maximum absolute atomic E-state index is 10.5. The lowest BCUT2D eigenvalue weighted by Crippen LogP contribution is -2.54. The van der Waals surface area contributed by atoms with E-state index in [1.54, 1.807) is 0 Å². The van der Waals surface area contributed by atoms with Crippen molar-refractivity contribution >= 4 is 35.5 Å². The highest BCUT2D eigenvalue weighted by atomic mass is 16.5. The lowest BCUT2D eigenvalue weighted by Gasteiger charge is -2.43. The van der Waals surface area contributed by atoms with Crippen molar-refractivity contribution in [3.63, 3.8) is 0 Å². The van der Waals surface area contributed by atoms with E-state index < -0.39 is 36.4 Å². The summed E-state index contributed by atoms with van der Waals surface area (Å²) < 4.78 is 6.73. The summed E-state index contributed by atoms with van der Waals surface area (Å²) in [5.41, 5.74) is 1.20. The zero-order valence-corrected chi connectivity index (χ0v) is 30.2. The van der Waals surface area contributed by atoms with Crippen molar-refractivity contribution in [2.24, 2.45) is 0 Å². The largest absolute Gasteiger partial charge is 0.507 e. The predicted octanol–water partition coefficient (Wildman–Crippen LogP) is 2.97. The molecule has 2 aromatic rings. The van der Waals surface area contributed by atoms with Crippen molar-refractivity contribution < 1.29 is 44.7 Å². The number of hydrogen-bond acceptors (Lipinski definition) is 12. The second kappa shape index (κ2) is 15.5. The van der Waals surface area contributed by atoms with Gasteiger partial charge in [0.05, 0.1) is 12.8 Å². The third-order valence-corrected chi connectivity index (χ3v) is 10.6. The molecule has 1 atom stereocenters. The number of rotatable bonds is 10. The zero-order chi connectivity index (χ0) is 37.1. The maximum Gasteiger partial charge on any atom is 0.336 e. The predicted molar refractivity (Wildman–Crippen MR) is 190 cm³/mol. The van der Waals surface area contributed by atoms with Gasteiger partial charge in [-0.2, -0.15) is 9.97 Å². The van der Waals surface area contributed by atoms with Crippen LogP contribution in [-0.4, -0.2) is 128 Å². The van der Waals surface area contributed by atoms with Gasteiger partial charge in [0.15, 0.2) is 5.60 Å². The molecule has 4 aliphatic rings. The highest BCUT2D eigenvalue weighted by Gasteiger charge is 2.41. The quantitative estimate of drug-likeness (QED) is 0.241. The van der Waals surface area contributed by atoms with Gasteiger partial charge in [-0.25, -0.2) is 4.79 Å². The summed E-state index contributed by atoms with van der Waals surface area (Å²) in [5, 5.41) is 44.3. The normalized spacial score (nSPS) is 20.8. The molecule has 6 rings (SSSR count). The Balaban J connectivity index is 0.000000332. The number of aromatic hydroxyl groups is 1. The van der Waals surface area contributed by atoms with Crippen molar-refractivity contribution in [2.45, 2.75) is 90.3 Å². The standard InChI is InChI=1S/C30H44N6O2.C6H8O7/c1-21-22(2)28-24(23(3)27(21)37)9-10-30(4,38-28)20-33-15-17-35(18-16-33)26-19-25(34-11-5-6-12-34)31-29(32-26)36-13-7-8-14-36;7-3(8)1-6(13,5(11)12)2-4(9)10/h19,37H,5-18,20H2,1-4H3;13H,1-2H2,(H,7,8)(H,9,10)(H,11,12). The minimum absolute atomic E-state index is 0.226. The van der Waals surface area contributed by atoms with Gasteiger partial charge in [0.2, 0.25) is 5.95 Å². The number of nitrogens with zero attached hydrogens (tertiary/aromatic N) is 6. The minimum atomic E-state index is -2.74. The summed E-state index contributed by atoms with van der Waals surface area (Å²) in [6.07, 6.45) is 4.60. The average molecular weight is 713 g/mol. The molecule has 4 aliphatic heterocycles. The molecule has 280 valence electrons. The number of carboxylic acid groups (broad SMARTS) is 3. The second-order valence-electron chi connectivity index (χ2n) is 14.6. The molecule has 0 aliphatic carbocycles. The molecule has 1 aromatic heterocycles. The summed E-state index contributed by atoms with van der Waals surface area (Å²) in [6, 6.07) is 2.23. The summed E-state index contributed by atoms with van der Waals surface area (Å²) >= 11 is 0. The first-order chi connectivity index (χ1) is 24.1. The number of ether oxygens (including phenoxy) is 1. The number of fused-ring (bicyclic) bond motifs is 1. The molecule has 5 heterocycles. The van der Waals surface area contributed by atoms with Gasteiger partial charge >= 0.3 is 17.9 Å². The third-order valence-electron chi connectivity index (χ3n) is 10.6. The summed E-state index contributed by atoms with van der Waals surface area (Å²) in [5.74, 6) is -0.498. The van der Waals surface area contributed by atoms with Crippen molar-refractivity contribution in [3.8, 4) is 11.5 Å². The number of piperazine rings is 1. The Morgan fingerprint density at radius 3 is 1.80 bits per heavy atom. The minimum Gasteiger partial charge on any atom is -0.507 e. The molecule has 3 saturated heterocycles. The van der Waals surface area contributed by atoms with E-state index in [9.17, 15) is 19.5 Å². The molecule has 0 bridgehead atoms.